The summed E-state index contributed by atoms with van der Waals surface area (Å²) in [5.74, 6) is 0. The Balaban J connectivity index is 1.34. The molecule has 0 spiro atoms. The molecule has 1 N–H and O–H groups in total. The topological polar surface area (TPSA) is 59.4 Å². The summed E-state index contributed by atoms with van der Waals surface area (Å²) in [5.41, 5.74) is 1.28. The van der Waals surface area contributed by atoms with Gasteiger partial charge in [-0.1, -0.05) is 11.6 Å². The van der Waals surface area contributed by atoms with Gasteiger partial charge in [-0.25, -0.2) is 4.79 Å². The number of nitrogens with zero attached hydrogens (tertiary/aromatic N) is 3. The highest BCUT2D eigenvalue weighted by atomic mass is 16.5. The van der Waals surface area contributed by atoms with Gasteiger partial charge in [-0.2, -0.15) is 5.10 Å². The van der Waals surface area contributed by atoms with E-state index >= 15 is 0 Å². The number of hydrogen-bond acceptors (Lipinski definition) is 3. The number of ether oxygens (including phenoxy) is 1. The molecule has 2 amide bonds. The zero-order valence-corrected chi connectivity index (χ0v) is 15.9. The van der Waals surface area contributed by atoms with E-state index in [1.54, 1.807) is 25.4 Å². The summed E-state index contributed by atoms with van der Waals surface area (Å²) in [6.07, 6.45) is 7.67. The number of rotatable bonds is 3. The molecule has 4 rings (SSSR count). The maximum atomic E-state index is 12.7. The molecule has 6 nitrogen and oxygen atoms in total. The van der Waals surface area contributed by atoms with Gasteiger partial charge < -0.3 is 15.0 Å². The third kappa shape index (κ3) is 3.95. The molecule has 0 bridgehead atoms. The van der Waals surface area contributed by atoms with Crippen LogP contribution in [0, 0.1) is 6.85 Å². The SMILES string of the molecule is [2H]C([2H])([2H])c1ccc2c(cnn2C2CCN(C(=O)NC3CCC(OC)CC3)CC2)c1. The quantitative estimate of drug-likeness (QED) is 0.893. The Bertz CT molecular complexity index is 882. The Morgan fingerprint density at radius 2 is 2.00 bits per heavy atom. The first kappa shape index (κ1) is 14.9. The molecule has 0 unspecified atom stereocenters. The Morgan fingerprint density at radius 3 is 2.70 bits per heavy atom. The van der Waals surface area contributed by atoms with Crippen LogP contribution in [-0.2, 0) is 4.74 Å². The van der Waals surface area contributed by atoms with E-state index in [0.717, 1.165) is 49.4 Å². The molecule has 0 radical (unpaired) electrons. The van der Waals surface area contributed by atoms with Crippen LogP contribution >= 0.6 is 0 Å². The highest BCUT2D eigenvalue weighted by Gasteiger charge is 2.28. The molecular weight excluding hydrogens is 340 g/mol. The number of fused-ring (bicyclic) bond motifs is 1. The lowest BCUT2D eigenvalue weighted by molar-refractivity contribution is 0.0624. The average molecular weight is 374 g/mol. The maximum absolute atomic E-state index is 12.7. The largest absolute Gasteiger partial charge is 0.381 e. The van der Waals surface area contributed by atoms with E-state index in [4.69, 9.17) is 8.85 Å². The molecule has 2 aromatic rings. The van der Waals surface area contributed by atoms with Gasteiger partial charge in [0.2, 0.25) is 0 Å². The average Bonchev–Trinajstić information content (AvgIpc) is 3.17. The molecular formula is C21H30N4O2. The molecule has 2 aliphatic rings. The monoisotopic (exact) mass is 373 g/mol. The third-order valence-corrected chi connectivity index (χ3v) is 6.03. The van der Waals surface area contributed by atoms with E-state index < -0.39 is 6.85 Å². The second-order valence-electron chi connectivity index (χ2n) is 7.74. The fourth-order valence-corrected chi connectivity index (χ4v) is 4.37. The predicted molar refractivity (Wildman–Crippen MR) is 106 cm³/mol. The summed E-state index contributed by atoms with van der Waals surface area (Å²) in [5, 5.41) is 8.55. The highest BCUT2D eigenvalue weighted by molar-refractivity contribution is 5.79. The number of likely N-dealkylation sites (tertiary alicyclic amines) is 1. The van der Waals surface area contributed by atoms with Gasteiger partial charge in [0.05, 0.1) is 23.9 Å². The molecule has 2 fully saturated rings. The van der Waals surface area contributed by atoms with Crippen molar-refractivity contribution in [2.75, 3.05) is 20.2 Å². The van der Waals surface area contributed by atoms with Crippen molar-refractivity contribution >= 4 is 16.9 Å². The summed E-state index contributed by atoms with van der Waals surface area (Å²) in [7, 11) is 1.75. The van der Waals surface area contributed by atoms with Gasteiger partial charge in [-0.3, -0.25) is 4.68 Å². The fraction of sp³-hybridized carbons (Fsp3) is 0.619. The van der Waals surface area contributed by atoms with E-state index in [0.29, 0.717) is 24.8 Å². The van der Waals surface area contributed by atoms with Gasteiger partial charge in [0.15, 0.2) is 0 Å². The lowest BCUT2D eigenvalue weighted by Gasteiger charge is -2.35. The van der Waals surface area contributed by atoms with Crippen LogP contribution in [0.5, 0.6) is 0 Å². The molecule has 27 heavy (non-hydrogen) atoms. The smallest absolute Gasteiger partial charge is 0.317 e. The second kappa shape index (κ2) is 7.89. The molecule has 2 heterocycles. The Morgan fingerprint density at radius 1 is 1.22 bits per heavy atom. The molecule has 1 saturated heterocycles. The van der Waals surface area contributed by atoms with Gasteiger partial charge in [0.25, 0.3) is 0 Å². The van der Waals surface area contributed by atoms with Crippen molar-refractivity contribution in [3.63, 3.8) is 0 Å². The molecule has 1 saturated carbocycles. The van der Waals surface area contributed by atoms with Gasteiger partial charge >= 0.3 is 6.03 Å². The van der Waals surface area contributed by atoms with E-state index in [1.165, 1.54) is 0 Å². The Labute approximate surface area is 165 Å². The van der Waals surface area contributed by atoms with Gasteiger partial charge in [0.1, 0.15) is 0 Å². The molecule has 1 aromatic carbocycles. The van der Waals surface area contributed by atoms with Crippen molar-refractivity contribution in [1.82, 2.24) is 20.0 Å². The number of carbonyl (C=O) groups excluding carboxylic acids is 1. The van der Waals surface area contributed by atoms with Crippen LogP contribution < -0.4 is 5.32 Å². The first-order valence-corrected chi connectivity index (χ1v) is 9.91. The number of nitrogens with one attached hydrogen (secondary N) is 1. The van der Waals surface area contributed by atoms with Crippen LogP contribution in [0.1, 0.15) is 54.2 Å². The number of carbonyl (C=O) groups is 1. The number of piperidine rings is 1. The predicted octanol–water partition coefficient (Wildman–Crippen LogP) is 3.65. The Kier molecular flexibility index (Phi) is 4.36. The van der Waals surface area contributed by atoms with E-state index in [2.05, 4.69) is 10.4 Å². The van der Waals surface area contributed by atoms with Crippen molar-refractivity contribution in [2.45, 2.75) is 63.6 Å². The highest BCUT2D eigenvalue weighted by Crippen LogP contribution is 2.27. The van der Waals surface area contributed by atoms with Crippen molar-refractivity contribution in [1.29, 1.82) is 0 Å². The molecule has 146 valence electrons. The van der Waals surface area contributed by atoms with Crippen LogP contribution in [-0.4, -0.2) is 53.1 Å². The molecule has 1 aliphatic carbocycles. The Hall–Kier alpha value is -2.08. The zero-order valence-electron chi connectivity index (χ0n) is 18.9. The van der Waals surface area contributed by atoms with Crippen LogP contribution in [0.3, 0.4) is 0 Å². The van der Waals surface area contributed by atoms with Crippen LogP contribution in [0.2, 0.25) is 0 Å². The molecule has 1 aliphatic heterocycles. The van der Waals surface area contributed by atoms with Crippen LogP contribution in [0.4, 0.5) is 4.79 Å². The summed E-state index contributed by atoms with van der Waals surface area (Å²) in [4.78, 5) is 14.6. The normalized spacial score (nSPS) is 26.4. The third-order valence-electron chi connectivity index (χ3n) is 6.03. The lowest BCUT2D eigenvalue weighted by Crippen LogP contribution is -2.49. The first-order valence-electron chi connectivity index (χ1n) is 11.4. The van der Waals surface area contributed by atoms with Crippen molar-refractivity contribution < 1.29 is 13.6 Å². The number of benzene rings is 1. The summed E-state index contributed by atoms with van der Waals surface area (Å²) >= 11 is 0. The fourth-order valence-electron chi connectivity index (χ4n) is 4.37. The van der Waals surface area contributed by atoms with Crippen molar-refractivity contribution in [3.05, 3.63) is 30.0 Å². The number of methoxy groups -OCH3 is 1. The number of aryl methyl sites for hydroxylation is 1. The van der Waals surface area contributed by atoms with Gasteiger partial charge in [-0.15, -0.1) is 0 Å². The standard InChI is InChI=1S/C21H30N4O2/c1-15-3-8-20-16(13-15)14-22-25(20)18-9-11-24(12-10-18)21(26)23-17-4-6-19(27-2)7-5-17/h3,8,13-14,17-19H,4-7,9-12H2,1-2H3,(H,23,26)/i1D3. The first-order chi connectivity index (χ1) is 14.3. The summed E-state index contributed by atoms with van der Waals surface area (Å²) < 4.78 is 30.1. The summed E-state index contributed by atoms with van der Waals surface area (Å²) in [6.45, 7) is -0.727. The van der Waals surface area contributed by atoms with E-state index in [-0.39, 0.29) is 18.1 Å². The van der Waals surface area contributed by atoms with E-state index in [9.17, 15) is 4.79 Å². The number of urea groups is 1. The van der Waals surface area contributed by atoms with Crippen molar-refractivity contribution in [2.24, 2.45) is 0 Å². The van der Waals surface area contributed by atoms with Gasteiger partial charge in [0, 0.05) is 35.7 Å². The minimum atomic E-state index is -2.11. The van der Waals surface area contributed by atoms with Crippen LogP contribution in [0.15, 0.2) is 24.4 Å². The minimum absolute atomic E-state index is 0.0296. The van der Waals surface area contributed by atoms with E-state index in [1.807, 2.05) is 15.6 Å². The van der Waals surface area contributed by atoms with Crippen LogP contribution in [0.25, 0.3) is 10.9 Å². The molecule has 1 aromatic heterocycles. The second-order valence-corrected chi connectivity index (χ2v) is 7.74. The van der Waals surface area contributed by atoms with Crippen molar-refractivity contribution in [3.8, 4) is 0 Å². The number of aromatic nitrogens is 2. The molecule has 6 heteroatoms. The summed E-state index contributed by atoms with van der Waals surface area (Å²) in [6, 6.07) is 5.69. The maximum Gasteiger partial charge on any atom is 0.317 e. The zero-order chi connectivity index (χ0) is 21.3. The molecule has 0 atom stereocenters. The number of amides is 2. The van der Waals surface area contributed by atoms with Gasteiger partial charge in [-0.05, 0) is 57.5 Å². The number of hydrogen-bond donors (Lipinski definition) is 1. The minimum Gasteiger partial charge on any atom is -0.381 e. The lowest BCUT2D eigenvalue weighted by atomic mass is 9.93.